The van der Waals surface area contributed by atoms with Gasteiger partial charge in [0, 0.05) is 6.20 Å². The van der Waals surface area contributed by atoms with Crippen LogP contribution in [0.2, 0.25) is 0 Å². The highest BCUT2D eigenvalue weighted by Gasteiger charge is 2.19. The number of hydrogen-bond donors (Lipinski definition) is 2. The monoisotopic (exact) mass is 193 g/mol. The van der Waals surface area contributed by atoms with Crippen molar-refractivity contribution in [2.24, 2.45) is 0 Å². The van der Waals surface area contributed by atoms with Gasteiger partial charge in [0.05, 0.1) is 0 Å². The van der Waals surface area contributed by atoms with Crippen molar-refractivity contribution in [1.29, 1.82) is 0 Å². The van der Waals surface area contributed by atoms with Crippen LogP contribution in [-0.2, 0) is 9.47 Å². The molecule has 2 heterocycles. The van der Waals surface area contributed by atoms with Crippen molar-refractivity contribution in [2.45, 2.75) is 6.29 Å². The summed E-state index contributed by atoms with van der Waals surface area (Å²) in [6.07, 6.45) is 3.70. The predicted molar refractivity (Wildman–Crippen MR) is 48.1 cm³/mol. The van der Waals surface area contributed by atoms with Crippen LogP contribution < -0.4 is 5.46 Å². The van der Waals surface area contributed by atoms with E-state index in [-0.39, 0.29) is 0 Å². The Hall–Kier alpha value is -1.53. The zero-order valence-electron chi connectivity index (χ0n) is 7.20. The van der Waals surface area contributed by atoms with E-state index in [2.05, 4.69) is 4.98 Å². The maximum atomic E-state index is 8.92. The van der Waals surface area contributed by atoms with Gasteiger partial charge >= 0.3 is 7.12 Å². The lowest BCUT2D eigenvalue weighted by atomic mass is 9.80. The van der Waals surface area contributed by atoms with Gasteiger partial charge < -0.3 is 19.5 Å². The van der Waals surface area contributed by atoms with Crippen LogP contribution in [0.4, 0.5) is 0 Å². The van der Waals surface area contributed by atoms with Gasteiger partial charge in [-0.15, -0.1) is 0 Å². The second-order valence-electron chi connectivity index (χ2n) is 2.76. The molecule has 0 atom stereocenters. The molecule has 2 rings (SSSR count). The smallest absolute Gasteiger partial charge is 0.454 e. The van der Waals surface area contributed by atoms with Crippen molar-refractivity contribution in [1.82, 2.24) is 4.98 Å². The van der Waals surface area contributed by atoms with Crippen LogP contribution in [0.15, 0.2) is 30.9 Å². The Morgan fingerprint density at radius 1 is 1.29 bits per heavy atom. The molecule has 0 aromatic carbocycles. The van der Waals surface area contributed by atoms with Crippen molar-refractivity contribution < 1.29 is 19.5 Å². The standard InChI is InChI=1S/C8H8BNO4/c11-9(12)6-1-2-10-7(5-6)8-13-3-4-14-8/h1-5,8,11-12H. The highest BCUT2D eigenvalue weighted by Crippen LogP contribution is 2.20. The quantitative estimate of drug-likeness (QED) is 0.606. The molecule has 6 heteroatoms. The van der Waals surface area contributed by atoms with E-state index in [0.717, 1.165) is 0 Å². The fourth-order valence-corrected chi connectivity index (χ4v) is 1.13. The number of nitrogens with zero attached hydrogens (tertiary/aromatic N) is 1. The molecule has 1 aliphatic heterocycles. The Morgan fingerprint density at radius 2 is 2.00 bits per heavy atom. The number of pyridine rings is 1. The number of rotatable bonds is 2. The van der Waals surface area contributed by atoms with E-state index in [1.165, 1.54) is 30.9 Å². The first-order valence-electron chi connectivity index (χ1n) is 4.05. The minimum Gasteiger partial charge on any atom is -0.454 e. The lowest BCUT2D eigenvalue weighted by Crippen LogP contribution is -2.30. The minimum atomic E-state index is -1.51. The van der Waals surface area contributed by atoms with Gasteiger partial charge in [0.2, 0.25) is 0 Å². The van der Waals surface area contributed by atoms with Crippen LogP contribution in [0.3, 0.4) is 0 Å². The molecule has 1 aromatic heterocycles. The molecule has 14 heavy (non-hydrogen) atoms. The third kappa shape index (κ3) is 1.71. The average Bonchev–Trinajstić information content (AvgIpc) is 2.71. The molecule has 1 aliphatic rings. The second-order valence-corrected chi connectivity index (χ2v) is 2.76. The first kappa shape index (κ1) is 9.05. The Kier molecular flexibility index (Phi) is 2.38. The third-order valence-electron chi connectivity index (χ3n) is 1.80. The van der Waals surface area contributed by atoms with Crippen molar-refractivity contribution in [3.8, 4) is 0 Å². The fraction of sp³-hybridized carbons (Fsp3) is 0.125. The SMILES string of the molecule is OB(O)c1ccnc(C2OC=CO2)c1. The molecule has 72 valence electrons. The lowest BCUT2D eigenvalue weighted by molar-refractivity contribution is -0.0278. The van der Waals surface area contributed by atoms with E-state index in [4.69, 9.17) is 19.5 Å². The lowest BCUT2D eigenvalue weighted by Gasteiger charge is -2.10. The maximum Gasteiger partial charge on any atom is 0.488 e. The summed E-state index contributed by atoms with van der Waals surface area (Å²) < 4.78 is 10.1. The zero-order valence-corrected chi connectivity index (χ0v) is 7.20. The van der Waals surface area contributed by atoms with Crippen molar-refractivity contribution in [3.63, 3.8) is 0 Å². The van der Waals surface area contributed by atoms with Crippen LogP contribution in [0.5, 0.6) is 0 Å². The predicted octanol–water partition coefficient (Wildman–Crippen LogP) is -0.722. The van der Waals surface area contributed by atoms with Gasteiger partial charge in [0.15, 0.2) is 0 Å². The molecule has 0 fully saturated rings. The first-order valence-corrected chi connectivity index (χ1v) is 4.05. The van der Waals surface area contributed by atoms with Gasteiger partial charge in [0.1, 0.15) is 18.2 Å². The number of ether oxygens (including phenoxy) is 2. The van der Waals surface area contributed by atoms with E-state index in [9.17, 15) is 0 Å². The number of aromatic nitrogens is 1. The minimum absolute atomic E-state index is 0.356. The molecule has 0 bridgehead atoms. The summed E-state index contributed by atoms with van der Waals surface area (Å²) >= 11 is 0. The van der Waals surface area contributed by atoms with E-state index in [1.807, 2.05) is 0 Å². The van der Waals surface area contributed by atoms with Gasteiger partial charge in [-0.05, 0) is 17.6 Å². The van der Waals surface area contributed by atoms with Gasteiger partial charge in [-0.2, -0.15) is 0 Å². The van der Waals surface area contributed by atoms with Crippen molar-refractivity contribution in [2.75, 3.05) is 0 Å². The van der Waals surface area contributed by atoms with Gasteiger partial charge in [0.25, 0.3) is 6.29 Å². The molecule has 2 N–H and O–H groups in total. The topological polar surface area (TPSA) is 71.8 Å². The number of hydrogen-bond acceptors (Lipinski definition) is 5. The molecular formula is C8H8BNO4. The molecule has 5 nitrogen and oxygen atoms in total. The average molecular weight is 193 g/mol. The van der Waals surface area contributed by atoms with Crippen molar-refractivity contribution >= 4 is 12.6 Å². The molecule has 0 saturated heterocycles. The van der Waals surface area contributed by atoms with Crippen LogP contribution in [0.25, 0.3) is 0 Å². The molecule has 0 aliphatic carbocycles. The van der Waals surface area contributed by atoms with E-state index in [1.54, 1.807) is 0 Å². The Bertz CT molecular complexity index is 347. The molecule has 0 radical (unpaired) electrons. The largest absolute Gasteiger partial charge is 0.488 e. The van der Waals surface area contributed by atoms with Crippen LogP contribution in [0.1, 0.15) is 12.0 Å². The van der Waals surface area contributed by atoms with E-state index in [0.29, 0.717) is 11.2 Å². The van der Waals surface area contributed by atoms with E-state index >= 15 is 0 Å². The first-order chi connectivity index (χ1) is 6.77. The molecule has 1 aromatic rings. The maximum absolute atomic E-state index is 8.92. The molecule has 0 amide bonds. The van der Waals surface area contributed by atoms with Gasteiger partial charge in [-0.25, -0.2) is 0 Å². The van der Waals surface area contributed by atoms with Gasteiger partial charge in [-0.1, -0.05) is 0 Å². The molecule has 0 saturated carbocycles. The summed E-state index contributed by atoms with van der Waals surface area (Å²) in [6.45, 7) is 0. The summed E-state index contributed by atoms with van der Waals surface area (Å²) in [7, 11) is -1.51. The normalized spacial score (nSPS) is 15.0. The van der Waals surface area contributed by atoms with Crippen LogP contribution >= 0.6 is 0 Å². The fourth-order valence-electron chi connectivity index (χ4n) is 1.13. The molecule has 0 spiro atoms. The molecule has 0 unspecified atom stereocenters. The Balaban J connectivity index is 2.21. The summed E-state index contributed by atoms with van der Waals surface area (Å²) in [5.41, 5.74) is 0.856. The highest BCUT2D eigenvalue weighted by molar-refractivity contribution is 6.58. The van der Waals surface area contributed by atoms with Crippen molar-refractivity contribution in [3.05, 3.63) is 36.5 Å². The van der Waals surface area contributed by atoms with Gasteiger partial charge in [-0.3, -0.25) is 4.98 Å². The Morgan fingerprint density at radius 3 is 2.64 bits per heavy atom. The van der Waals surface area contributed by atoms with Crippen LogP contribution in [-0.4, -0.2) is 22.2 Å². The summed E-state index contributed by atoms with van der Waals surface area (Å²) in [5, 5.41) is 17.8. The summed E-state index contributed by atoms with van der Waals surface area (Å²) in [6, 6.07) is 3.03. The summed E-state index contributed by atoms with van der Waals surface area (Å²) in [5.74, 6) is 0. The second kappa shape index (κ2) is 3.69. The highest BCUT2D eigenvalue weighted by atomic mass is 16.7. The Labute approximate surface area is 80.8 Å². The molecular weight excluding hydrogens is 185 g/mol. The van der Waals surface area contributed by atoms with Crippen LogP contribution in [0, 0.1) is 0 Å². The third-order valence-corrected chi connectivity index (χ3v) is 1.80. The summed E-state index contributed by atoms with van der Waals surface area (Å²) in [4.78, 5) is 3.99. The van der Waals surface area contributed by atoms with E-state index < -0.39 is 13.4 Å². The zero-order chi connectivity index (χ0) is 9.97.